The third-order valence-electron chi connectivity index (χ3n) is 4.44. The van der Waals surface area contributed by atoms with Gasteiger partial charge < -0.3 is 10.3 Å². The van der Waals surface area contributed by atoms with Crippen LogP contribution in [-0.2, 0) is 6.54 Å². The lowest BCUT2D eigenvalue weighted by Gasteiger charge is -2.38. The Morgan fingerprint density at radius 1 is 1.39 bits per heavy atom. The first-order valence-electron chi connectivity index (χ1n) is 6.45. The molecule has 2 aromatic rings. The van der Waals surface area contributed by atoms with Gasteiger partial charge >= 0.3 is 0 Å². The van der Waals surface area contributed by atoms with Crippen LogP contribution in [0, 0.1) is 12.3 Å². The van der Waals surface area contributed by atoms with Crippen LogP contribution in [0.25, 0.3) is 10.9 Å². The van der Waals surface area contributed by atoms with E-state index in [0.717, 1.165) is 17.4 Å². The maximum absolute atomic E-state index is 6.49. The summed E-state index contributed by atoms with van der Waals surface area (Å²) in [4.78, 5) is 0. The molecular weight excluding hydrogens is 288 g/mol. The van der Waals surface area contributed by atoms with Gasteiger partial charge in [-0.05, 0) is 42.5 Å². The van der Waals surface area contributed by atoms with Gasteiger partial charge in [0.05, 0.1) is 6.04 Å². The van der Waals surface area contributed by atoms with Crippen LogP contribution in [0.3, 0.4) is 0 Å². The molecule has 0 amide bonds. The van der Waals surface area contributed by atoms with Crippen LogP contribution in [0.4, 0.5) is 0 Å². The highest BCUT2D eigenvalue weighted by Crippen LogP contribution is 2.44. The third kappa shape index (κ3) is 1.57. The van der Waals surface area contributed by atoms with Crippen LogP contribution in [0.5, 0.6) is 0 Å². The van der Waals surface area contributed by atoms with Crippen LogP contribution in [0.15, 0.2) is 22.7 Å². The van der Waals surface area contributed by atoms with Gasteiger partial charge in [0.15, 0.2) is 0 Å². The Hall–Kier alpha value is -0.800. The van der Waals surface area contributed by atoms with Crippen LogP contribution >= 0.6 is 15.9 Å². The van der Waals surface area contributed by atoms with Crippen molar-refractivity contribution in [3.63, 3.8) is 0 Å². The number of nitrogens with zero attached hydrogens (tertiary/aromatic N) is 1. The first kappa shape index (κ1) is 12.2. The van der Waals surface area contributed by atoms with Crippen LogP contribution < -0.4 is 5.73 Å². The van der Waals surface area contributed by atoms with Crippen molar-refractivity contribution in [1.29, 1.82) is 0 Å². The first-order valence-corrected chi connectivity index (χ1v) is 7.25. The molecule has 1 aliphatic heterocycles. The lowest BCUT2D eigenvalue weighted by atomic mass is 9.77. The summed E-state index contributed by atoms with van der Waals surface area (Å²) < 4.78 is 3.54. The van der Waals surface area contributed by atoms with E-state index in [1.54, 1.807) is 0 Å². The van der Waals surface area contributed by atoms with E-state index in [2.05, 4.69) is 59.5 Å². The van der Waals surface area contributed by atoms with E-state index in [0.29, 0.717) is 0 Å². The number of fused-ring (bicyclic) bond motifs is 3. The number of aromatic nitrogens is 1. The Bertz CT molecular complexity index is 625. The number of hydrogen-bond acceptors (Lipinski definition) is 1. The molecule has 1 atom stereocenters. The van der Waals surface area contributed by atoms with Crippen molar-refractivity contribution in [3.8, 4) is 0 Å². The Labute approximate surface area is 116 Å². The number of rotatable bonds is 0. The Balaban J connectivity index is 2.33. The summed E-state index contributed by atoms with van der Waals surface area (Å²) in [7, 11) is 0. The molecule has 0 saturated heterocycles. The highest BCUT2D eigenvalue weighted by molar-refractivity contribution is 9.10. The largest absolute Gasteiger partial charge is 0.343 e. The fourth-order valence-corrected chi connectivity index (χ4v) is 3.44. The predicted octanol–water partition coefficient (Wildman–Crippen LogP) is 4.14. The lowest BCUT2D eigenvalue weighted by molar-refractivity contribution is 0.213. The zero-order valence-electron chi connectivity index (χ0n) is 11.1. The maximum Gasteiger partial charge on any atom is 0.0505 e. The monoisotopic (exact) mass is 306 g/mol. The molecule has 1 aromatic heterocycles. The fourth-order valence-electron chi connectivity index (χ4n) is 3.08. The Morgan fingerprint density at radius 2 is 2.11 bits per heavy atom. The van der Waals surface area contributed by atoms with Crippen LogP contribution in [0.2, 0.25) is 0 Å². The van der Waals surface area contributed by atoms with Crippen molar-refractivity contribution in [3.05, 3.63) is 33.9 Å². The molecule has 2 N–H and O–H groups in total. The van der Waals surface area contributed by atoms with Crippen LogP contribution in [0.1, 0.15) is 37.6 Å². The summed E-state index contributed by atoms with van der Waals surface area (Å²) in [6.07, 6.45) is 1.14. The van der Waals surface area contributed by atoms with Crippen molar-refractivity contribution >= 4 is 26.8 Å². The second kappa shape index (κ2) is 3.84. The summed E-state index contributed by atoms with van der Waals surface area (Å²) in [5.41, 5.74) is 10.7. The van der Waals surface area contributed by atoms with Crippen LogP contribution in [-0.4, -0.2) is 4.57 Å². The van der Waals surface area contributed by atoms with E-state index in [4.69, 9.17) is 5.73 Å². The van der Waals surface area contributed by atoms with Gasteiger partial charge in [-0.1, -0.05) is 29.8 Å². The molecule has 0 radical (unpaired) electrons. The van der Waals surface area contributed by atoms with E-state index >= 15 is 0 Å². The normalized spacial score (nSPS) is 22.2. The molecule has 18 heavy (non-hydrogen) atoms. The van der Waals surface area contributed by atoms with E-state index in [1.807, 2.05) is 0 Å². The summed E-state index contributed by atoms with van der Waals surface area (Å²) in [5, 5.41) is 1.33. The molecule has 0 aliphatic carbocycles. The summed E-state index contributed by atoms with van der Waals surface area (Å²) >= 11 is 3.56. The molecule has 3 heteroatoms. The molecule has 2 heterocycles. The number of nitrogens with two attached hydrogens (primary N) is 1. The van der Waals surface area contributed by atoms with Gasteiger partial charge in [-0.2, -0.15) is 0 Å². The number of benzene rings is 1. The Kier molecular flexibility index (Phi) is 2.62. The molecule has 2 nitrogen and oxygen atoms in total. The molecule has 3 rings (SSSR count). The minimum atomic E-state index is 0.123. The van der Waals surface area contributed by atoms with Crippen molar-refractivity contribution in [1.82, 2.24) is 4.57 Å². The highest BCUT2D eigenvalue weighted by atomic mass is 79.9. The molecule has 1 unspecified atom stereocenters. The SMILES string of the molecule is Cc1c2n(c3ccc(Br)cc13)CCC(C)(C)C2N. The van der Waals surface area contributed by atoms with Gasteiger partial charge in [0, 0.05) is 27.6 Å². The number of halogens is 1. The highest BCUT2D eigenvalue weighted by Gasteiger charge is 2.35. The van der Waals surface area contributed by atoms with Crippen molar-refractivity contribution in [2.24, 2.45) is 11.1 Å². The van der Waals surface area contributed by atoms with E-state index < -0.39 is 0 Å². The smallest absolute Gasteiger partial charge is 0.0505 e. The predicted molar refractivity (Wildman–Crippen MR) is 79.7 cm³/mol. The quantitative estimate of drug-likeness (QED) is 0.779. The standard InChI is InChI=1S/C15H19BrN2/c1-9-11-8-10(16)4-5-12(11)18-7-6-15(2,3)14(17)13(9)18/h4-5,8,14H,6-7,17H2,1-3H3. The average Bonchev–Trinajstić information content (AvgIpc) is 2.58. The van der Waals surface area contributed by atoms with Crippen molar-refractivity contribution < 1.29 is 0 Å². The number of hydrogen-bond donors (Lipinski definition) is 1. The summed E-state index contributed by atoms with van der Waals surface area (Å²) in [5.74, 6) is 0. The maximum atomic E-state index is 6.49. The number of aryl methyl sites for hydroxylation is 2. The third-order valence-corrected chi connectivity index (χ3v) is 4.94. The van der Waals surface area contributed by atoms with E-state index in [-0.39, 0.29) is 11.5 Å². The minimum Gasteiger partial charge on any atom is -0.343 e. The molecule has 0 spiro atoms. The lowest BCUT2D eigenvalue weighted by Crippen LogP contribution is -2.36. The molecule has 0 saturated carbocycles. The second-order valence-electron chi connectivity index (χ2n) is 6.04. The zero-order valence-corrected chi connectivity index (χ0v) is 12.7. The molecule has 96 valence electrons. The molecule has 0 fully saturated rings. The molecule has 1 aliphatic rings. The summed E-state index contributed by atoms with van der Waals surface area (Å²) in [6, 6.07) is 6.63. The van der Waals surface area contributed by atoms with Crippen molar-refractivity contribution in [2.45, 2.75) is 39.8 Å². The van der Waals surface area contributed by atoms with Gasteiger partial charge in [0.1, 0.15) is 0 Å². The van der Waals surface area contributed by atoms with Gasteiger partial charge in [-0.3, -0.25) is 0 Å². The Morgan fingerprint density at radius 3 is 2.83 bits per heavy atom. The minimum absolute atomic E-state index is 0.123. The van der Waals surface area contributed by atoms with Gasteiger partial charge in [0.25, 0.3) is 0 Å². The zero-order chi connectivity index (χ0) is 13.1. The van der Waals surface area contributed by atoms with Gasteiger partial charge in [0.2, 0.25) is 0 Å². The topological polar surface area (TPSA) is 30.9 Å². The molecular formula is C15H19BrN2. The van der Waals surface area contributed by atoms with E-state index in [9.17, 15) is 0 Å². The van der Waals surface area contributed by atoms with Gasteiger partial charge in [-0.25, -0.2) is 0 Å². The van der Waals surface area contributed by atoms with Crippen molar-refractivity contribution in [2.75, 3.05) is 0 Å². The van der Waals surface area contributed by atoms with E-state index in [1.165, 1.54) is 22.2 Å². The fraction of sp³-hybridized carbons (Fsp3) is 0.467. The van der Waals surface area contributed by atoms with Gasteiger partial charge in [-0.15, -0.1) is 0 Å². The molecule has 1 aromatic carbocycles. The summed E-state index contributed by atoms with van der Waals surface area (Å²) in [6.45, 7) is 7.81. The average molecular weight is 307 g/mol. The second-order valence-corrected chi connectivity index (χ2v) is 6.96. The first-order chi connectivity index (χ1) is 8.42. The molecule has 0 bridgehead atoms.